The van der Waals surface area contributed by atoms with Gasteiger partial charge in [0, 0.05) is 0 Å². The Morgan fingerprint density at radius 2 is 0.652 bits per heavy atom. The van der Waals surface area contributed by atoms with Crippen molar-refractivity contribution in [2.24, 2.45) is 0 Å². The second kappa shape index (κ2) is 10.9. The van der Waals surface area contributed by atoms with E-state index < -0.39 is 24.2 Å². The molecule has 0 amide bonds. The van der Waals surface area contributed by atoms with Gasteiger partial charge in [-0.25, -0.2) is 0 Å². The maximum absolute atomic E-state index is 9.38. The maximum atomic E-state index is 9.38. The van der Waals surface area contributed by atoms with Gasteiger partial charge in [0.15, 0.2) is 0 Å². The average Bonchev–Trinajstić information content (AvgIpc) is 3.22. The predicted octanol–water partition coefficient (Wildman–Crippen LogP) is 13.0. The summed E-state index contributed by atoms with van der Waals surface area (Å²) in [6.07, 6.45) is 0. The first kappa shape index (κ1) is 19.4. The average molecular weight is 591 g/mol. The maximum Gasteiger partial charge on any atom is 0.0629 e. The minimum Gasteiger partial charge on any atom is -0.0616 e. The molecule has 9 aromatic carbocycles. The van der Waals surface area contributed by atoms with Gasteiger partial charge in [0.2, 0.25) is 0 Å². The summed E-state index contributed by atoms with van der Waals surface area (Å²) in [5.41, 5.74) is 5.45. The van der Waals surface area contributed by atoms with Crippen LogP contribution >= 0.6 is 0 Å². The van der Waals surface area contributed by atoms with Crippen LogP contribution in [0.2, 0.25) is 0 Å². The van der Waals surface area contributed by atoms with Crippen molar-refractivity contribution >= 4 is 43.1 Å². The highest BCUT2D eigenvalue weighted by atomic mass is 14.2. The van der Waals surface area contributed by atoms with Crippen molar-refractivity contribution in [2.75, 3.05) is 0 Å². The van der Waals surface area contributed by atoms with E-state index in [-0.39, 0.29) is 45.7 Å². The van der Waals surface area contributed by atoms with Crippen LogP contribution in [0.5, 0.6) is 0 Å². The first-order valence-corrected chi connectivity index (χ1v) is 15.3. The summed E-state index contributed by atoms with van der Waals surface area (Å²) in [6.45, 7) is 0. The Kier molecular flexibility index (Phi) is 4.59. The molecule has 0 aliphatic heterocycles. The van der Waals surface area contributed by atoms with E-state index in [9.17, 15) is 5.48 Å². The molecule has 0 aromatic heterocycles. The lowest BCUT2D eigenvalue weighted by atomic mass is 9.84. The summed E-state index contributed by atoms with van der Waals surface area (Å²) in [6, 6.07) is 40.7. The Morgan fingerprint density at radius 3 is 1.09 bits per heavy atom. The smallest absolute Gasteiger partial charge is 0.0616 e. The van der Waals surface area contributed by atoms with Crippen molar-refractivity contribution in [2.45, 2.75) is 0 Å². The SMILES string of the molecule is [2H]c1c([2H])c([2H])c2c(-c3cccc(-c4cccc5ccccc45)c3)c3c([2H])c([2H])c([2H])c([2H])c3c(-c3cccc(-c4cccc5ccccc45)c3)c2c1[2H]. The summed E-state index contributed by atoms with van der Waals surface area (Å²) >= 11 is 0. The Balaban J connectivity index is 1.44. The molecule has 0 heteroatoms. The quantitative estimate of drug-likeness (QED) is 0.179. The number of hydrogen-bond acceptors (Lipinski definition) is 0. The van der Waals surface area contributed by atoms with Crippen molar-refractivity contribution in [3.8, 4) is 44.5 Å². The molecule has 0 heterocycles. The van der Waals surface area contributed by atoms with E-state index in [2.05, 4.69) is 12.1 Å². The van der Waals surface area contributed by atoms with Crippen LogP contribution in [0.1, 0.15) is 11.0 Å². The molecule has 46 heavy (non-hydrogen) atoms. The van der Waals surface area contributed by atoms with Crippen LogP contribution in [0, 0.1) is 0 Å². The zero-order chi connectivity index (χ0) is 37.4. The van der Waals surface area contributed by atoms with E-state index in [1.165, 1.54) is 0 Å². The third kappa shape index (κ3) is 4.30. The standard InChI is InChI=1S/C46H30/c1-3-21-37-31(13-1)15-11-27-39(37)33-17-9-19-35(29-33)45-41-23-5-7-25-43(41)46(44-26-8-6-24-42(44)45)36-20-10-18-34(30-36)40-28-12-16-32-14-2-4-22-38(32)40/h1-30H/i5D,6D,7D,8D,23D,24D,25D,26D. The van der Waals surface area contributed by atoms with E-state index in [0.29, 0.717) is 22.3 Å². The minimum absolute atomic E-state index is 0.194. The molecule has 9 aromatic rings. The summed E-state index contributed by atoms with van der Waals surface area (Å²) in [5, 5.41) is 4.98. The molecule has 0 spiro atoms. The van der Waals surface area contributed by atoms with E-state index in [0.717, 1.165) is 43.8 Å². The highest BCUT2D eigenvalue weighted by Crippen LogP contribution is 2.45. The number of hydrogen-bond donors (Lipinski definition) is 0. The Morgan fingerprint density at radius 1 is 0.304 bits per heavy atom. The largest absolute Gasteiger partial charge is 0.0629 e. The minimum atomic E-state index is -0.422. The third-order valence-electron chi connectivity index (χ3n) is 8.88. The number of benzene rings is 9. The van der Waals surface area contributed by atoms with E-state index >= 15 is 0 Å². The third-order valence-corrected chi connectivity index (χ3v) is 8.88. The highest BCUT2D eigenvalue weighted by Gasteiger charge is 2.18. The summed E-state index contributed by atoms with van der Waals surface area (Å²) in [5.74, 6) is 0. The van der Waals surface area contributed by atoms with Gasteiger partial charge in [-0.3, -0.25) is 0 Å². The lowest BCUT2D eigenvalue weighted by Gasteiger charge is -2.19. The van der Waals surface area contributed by atoms with E-state index in [1.807, 2.05) is 121 Å². The van der Waals surface area contributed by atoms with Gasteiger partial charge in [0.1, 0.15) is 0 Å². The predicted molar refractivity (Wildman–Crippen MR) is 198 cm³/mol. The second-order valence-corrected chi connectivity index (χ2v) is 11.5. The number of rotatable bonds is 4. The van der Waals surface area contributed by atoms with Crippen molar-refractivity contribution in [3.05, 3.63) is 182 Å². The molecule has 0 radical (unpaired) electrons. The van der Waals surface area contributed by atoms with Crippen LogP contribution in [0.4, 0.5) is 0 Å². The van der Waals surface area contributed by atoms with Crippen LogP contribution in [0.3, 0.4) is 0 Å². The molecule has 0 aliphatic rings. The van der Waals surface area contributed by atoms with Gasteiger partial charge in [-0.05, 0) is 99.7 Å². The fraction of sp³-hybridized carbons (Fsp3) is 0. The summed E-state index contributed by atoms with van der Waals surface area (Å²) < 4.78 is 72.8. The van der Waals surface area contributed by atoms with Crippen LogP contribution < -0.4 is 0 Å². The number of fused-ring (bicyclic) bond motifs is 4. The van der Waals surface area contributed by atoms with Crippen LogP contribution in [-0.4, -0.2) is 0 Å². The molecule has 214 valence electrons. The molecule has 0 unspecified atom stereocenters. The van der Waals surface area contributed by atoms with Gasteiger partial charge in [-0.15, -0.1) is 0 Å². The van der Waals surface area contributed by atoms with Gasteiger partial charge in [0.25, 0.3) is 0 Å². The molecule has 0 nitrogen and oxygen atoms in total. The second-order valence-electron chi connectivity index (χ2n) is 11.5. The zero-order valence-corrected chi connectivity index (χ0v) is 24.7. The Bertz CT molecular complexity index is 2740. The van der Waals surface area contributed by atoms with Crippen molar-refractivity contribution in [1.82, 2.24) is 0 Å². The lowest BCUT2D eigenvalue weighted by Crippen LogP contribution is -1.92. The normalized spacial score (nSPS) is 13.9. The first-order chi connectivity index (χ1) is 26.2. The summed E-state index contributed by atoms with van der Waals surface area (Å²) in [7, 11) is 0. The Labute approximate surface area is 280 Å². The zero-order valence-electron chi connectivity index (χ0n) is 32.7. The molecular formula is C46H30. The van der Waals surface area contributed by atoms with Crippen LogP contribution in [-0.2, 0) is 0 Å². The molecule has 0 saturated heterocycles. The molecule has 9 rings (SSSR count). The fourth-order valence-corrected chi connectivity index (χ4v) is 6.84. The van der Waals surface area contributed by atoms with Crippen molar-refractivity contribution in [1.29, 1.82) is 0 Å². The Hall–Kier alpha value is -5.98. The molecule has 0 fully saturated rings. The van der Waals surface area contributed by atoms with Gasteiger partial charge < -0.3 is 0 Å². The lowest BCUT2D eigenvalue weighted by molar-refractivity contribution is 1.62. The van der Waals surface area contributed by atoms with Gasteiger partial charge in [0.05, 0.1) is 11.0 Å². The van der Waals surface area contributed by atoms with Crippen LogP contribution in [0.15, 0.2) is 182 Å². The van der Waals surface area contributed by atoms with Crippen LogP contribution in [0.25, 0.3) is 87.6 Å². The molecule has 0 N–H and O–H groups in total. The van der Waals surface area contributed by atoms with E-state index in [4.69, 9.17) is 5.48 Å². The topological polar surface area (TPSA) is 0 Å². The first-order valence-electron chi connectivity index (χ1n) is 19.3. The molecule has 0 aliphatic carbocycles. The van der Waals surface area contributed by atoms with Gasteiger partial charge >= 0.3 is 0 Å². The monoisotopic (exact) mass is 590 g/mol. The molecular weight excluding hydrogens is 553 g/mol. The van der Waals surface area contributed by atoms with Crippen molar-refractivity contribution in [3.63, 3.8) is 0 Å². The molecule has 0 bridgehead atoms. The molecule has 0 atom stereocenters. The fourth-order valence-electron chi connectivity index (χ4n) is 6.84. The van der Waals surface area contributed by atoms with Gasteiger partial charge in [-0.1, -0.05) is 170 Å². The molecule has 0 saturated carbocycles. The highest BCUT2D eigenvalue weighted by molar-refractivity contribution is 6.21. The van der Waals surface area contributed by atoms with Crippen molar-refractivity contribution < 1.29 is 11.0 Å². The van der Waals surface area contributed by atoms with E-state index in [1.54, 1.807) is 0 Å². The van der Waals surface area contributed by atoms with Gasteiger partial charge in [-0.2, -0.15) is 0 Å². The summed E-state index contributed by atoms with van der Waals surface area (Å²) in [4.78, 5) is 0.